The number of rotatable bonds is 3. The zero-order valence-corrected chi connectivity index (χ0v) is 12.5. The zero-order chi connectivity index (χ0) is 14.0. The van der Waals surface area contributed by atoms with Crippen LogP contribution < -0.4 is 0 Å². The van der Waals surface area contributed by atoms with Crippen molar-refractivity contribution in [2.45, 2.75) is 13.3 Å². The van der Waals surface area contributed by atoms with E-state index in [4.69, 9.17) is 23.8 Å². The molecule has 1 aromatic rings. The van der Waals surface area contributed by atoms with E-state index in [0.717, 1.165) is 6.42 Å². The SMILES string of the molecule is CCCN1C(=O)/C(=C\c2c(F)cccc2Cl)SC1=S. The molecule has 0 unspecified atom stereocenters. The Kier molecular flexibility index (Phi) is 4.60. The van der Waals surface area contributed by atoms with Gasteiger partial charge < -0.3 is 0 Å². The van der Waals surface area contributed by atoms with Crippen molar-refractivity contribution in [3.8, 4) is 0 Å². The third kappa shape index (κ3) is 2.99. The lowest BCUT2D eigenvalue weighted by atomic mass is 10.2. The summed E-state index contributed by atoms with van der Waals surface area (Å²) < 4.78 is 14.2. The maximum Gasteiger partial charge on any atom is 0.266 e. The van der Waals surface area contributed by atoms with Crippen molar-refractivity contribution in [1.29, 1.82) is 0 Å². The molecule has 2 rings (SSSR count). The fourth-order valence-corrected chi connectivity index (χ4v) is 3.20. The summed E-state index contributed by atoms with van der Waals surface area (Å²) in [6.07, 6.45) is 2.28. The molecule has 0 bridgehead atoms. The van der Waals surface area contributed by atoms with Crippen LogP contribution in [0.15, 0.2) is 23.1 Å². The standard InChI is InChI=1S/C13H11ClFNOS2/c1-2-6-16-12(17)11(19-13(16)18)7-8-9(14)4-3-5-10(8)15/h3-5,7H,2,6H2,1H3/b11-7+. The van der Waals surface area contributed by atoms with Crippen molar-refractivity contribution in [3.63, 3.8) is 0 Å². The molecule has 1 fully saturated rings. The monoisotopic (exact) mass is 315 g/mol. The van der Waals surface area contributed by atoms with Crippen molar-refractivity contribution in [3.05, 3.63) is 39.5 Å². The summed E-state index contributed by atoms with van der Waals surface area (Å²) >= 11 is 12.3. The van der Waals surface area contributed by atoms with Crippen LogP contribution in [0.25, 0.3) is 6.08 Å². The Hall–Kier alpha value is -0.910. The molecule has 100 valence electrons. The van der Waals surface area contributed by atoms with E-state index in [9.17, 15) is 9.18 Å². The third-order valence-corrected chi connectivity index (χ3v) is 4.30. The van der Waals surface area contributed by atoms with Crippen LogP contribution in [0.5, 0.6) is 0 Å². The molecule has 19 heavy (non-hydrogen) atoms. The zero-order valence-electron chi connectivity index (χ0n) is 10.2. The van der Waals surface area contributed by atoms with Crippen LogP contribution in [-0.2, 0) is 4.79 Å². The normalized spacial score (nSPS) is 17.6. The van der Waals surface area contributed by atoms with Crippen molar-refractivity contribution in [2.24, 2.45) is 0 Å². The van der Waals surface area contributed by atoms with Crippen LogP contribution in [0.4, 0.5) is 4.39 Å². The van der Waals surface area contributed by atoms with Gasteiger partial charge in [0.15, 0.2) is 0 Å². The molecule has 0 saturated carbocycles. The lowest BCUT2D eigenvalue weighted by Gasteiger charge is -2.11. The summed E-state index contributed by atoms with van der Waals surface area (Å²) in [6.45, 7) is 2.54. The first-order chi connectivity index (χ1) is 9.04. The second-order valence-electron chi connectivity index (χ2n) is 3.97. The molecule has 2 nitrogen and oxygen atoms in total. The lowest BCUT2D eigenvalue weighted by molar-refractivity contribution is -0.122. The van der Waals surface area contributed by atoms with Gasteiger partial charge in [0.25, 0.3) is 5.91 Å². The van der Waals surface area contributed by atoms with Crippen molar-refractivity contribution >= 4 is 51.9 Å². The highest BCUT2D eigenvalue weighted by Crippen LogP contribution is 2.34. The number of thioether (sulfide) groups is 1. The van der Waals surface area contributed by atoms with Gasteiger partial charge in [-0.1, -0.05) is 48.6 Å². The number of amides is 1. The maximum absolute atomic E-state index is 13.7. The van der Waals surface area contributed by atoms with Crippen LogP contribution in [0.3, 0.4) is 0 Å². The molecule has 1 aromatic carbocycles. The molecule has 1 aliphatic heterocycles. The fourth-order valence-electron chi connectivity index (χ4n) is 1.70. The van der Waals surface area contributed by atoms with E-state index >= 15 is 0 Å². The highest BCUT2D eigenvalue weighted by atomic mass is 35.5. The van der Waals surface area contributed by atoms with Gasteiger partial charge in [-0.05, 0) is 24.6 Å². The lowest BCUT2D eigenvalue weighted by Crippen LogP contribution is -2.28. The summed E-state index contributed by atoms with van der Waals surface area (Å²) in [5, 5.41) is 0.278. The molecule has 1 saturated heterocycles. The maximum atomic E-state index is 13.7. The topological polar surface area (TPSA) is 20.3 Å². The Morgan fingerprint density at radius 2 is 2.26 bits per heavy atom. The Balaban J connectivity index is 2.35. The number of thiocarbonyl (C=S) groups is 1. The predicted octanol–water partition coefficient (Wildman–Crippen LogP) is 4.09. The minimum atomic E-state index is -0.451. The number of hydrogen-bond acceptors (Lipinski definition) is 3. The van der Waals surface area contributed by atoms with Crippen LogP contribution in [0.1, 0.15) is 18.9 Å². The van der Waals surface area contributed by atoms with Gasteiger partial charge in [0.1, 0.15) is 10.1 Å². The van der Waals surface area contributed by atoms with E-state index in [-0.39, 0.29) is 16.5 Å². The largest absolute Gasteiger partial charge is 0.293 e. The molecule has 6 heteroatoms. The van der Waals surface area contributed by atoms with Gasteiger partial charge in [0.05, 0.1) is 9.93 Å². The first kappa shape index (κ1) is 14.5. The molecule has 0 radical (unpaired) electrons. The number of benzene rings is 1. The van der Waals surface area contributed by atoms with Crippen LogP contribution in [0, 0.1) is 5.82 Å². The predicted molar refractivity (Wildman–Crippen MR) is 81.6 cm³/mol. The second-order valence-corrected chi connectivity index (χ2v) is 6.05. The van der Waals surface area contributed by atoms with E-state index in [1.165, 1.54) is 34.9 Å². The molecule has 0 aliphatic carbocycles. The first-order valence-corrected chi connectivity index (χ1v) is 7.34. The minimum Gasteiger partial charge on any atom is -0.293 e. The molecular weight excluding hydrogens is 305 g/mol. The van der Waals surface area contributed by atoms with Gasteiger partial charge in [-0.2, -0.15) is 0 Å². The van der Waals surface area contributed by atoms with E-state index < -0.39 is 5.82 Å². The average Bonchev–Trinajstić information content (AvgIpc) is 2.62. The van der Waals surface area contributed by atoms with Gasteiger partial charge in [0, 0.05) is 12.1 Å². The van der Waals surface area contributed by atoms with E-state index in [0.29, 0.717) is 15.8 Å². The summed E-state index contributed by atoms with van der Waals surface area (Å²) in [7, 11) is 0. The molecule has 0 N–H and O–H groups in total. The molecule has 0 aromatic heterocycles. The third-order valence-electron chi connectivity index (χ3n) is 2.60. The number of hydrogen-bond donors (Lipinski definition) is 0. The van der Waals surface area contributed by atoms with Crippen LogP contribution in [0.2, 0.25) is 5.02 Å². The van der Waals surface area contributed by atoms with Gasteiger partial charge in [-0.3, -0.25) is 9.69 Å². The Bertz CT molecular complexity index is 554. The molecule has 0 atom stereocenters. The highest BCUT2D eigenvalue weighted by Gasteiger charge is 2.31. The minimum absolute atomic E-state index is 0.184. The average molecular weight is 316 g/mol. The van der Waals surface area contributed by atoms with E-state index in [1.54, 1.807) is 6.07 Å². The quantitative estimate of drug-likeness (QED) is 0.619. The second kappa shape index (κ2) is 6.03. The van der Waals surface area contributed by atoms with Crippen LogP contribution in [-0.4, -0.2) is 21.7 Å². The van der Waals surface area contributed by atoms with Crippen molar-refractivity contribution in [2.75, 3.05) is 6.54 Å². The Morgan fingerprint density at radius 3 is 2.89 bits per heavy atom. The summed E-state index contributed by atoms with van der Waals surface area (Å²) in [4.78, 5) is 14.1. The molecule has 1 heterocycles. The smallest absolute Gasteiger partial charge is 0.266 e. The van der Waals surface area contributed by atoms with Crippen molar-refractivity contribution < 1.29 is 9.18 Å². The molecule has 0 spiro atoms. The van der Waals surface area contributed by atoms with Crippen LogP contribution >= 0.6 is 35.6 Å². The van der Waals surface area contributed by atoms with Gasteiger partial charge >= 0.3 is 0 Å². The molecule has 1 aliphatic rings. The number of carbonyl (C=O) groups excluding carboxylic acids is 1. The number of halogens is 2. The summed E-state index contributed by atoms with van der Waals surface area (Å²) in [6, 6.07) is 4.42. The van der Waals surface area contributed by atoms with Gasteiger partial charge in [-0.15, -0.1) is 0 Å². The molecular formula is C13H11ClFNOS2. The number of carbonyl (C=O) groups is 1. The highest BCUT2D eigenvalue weighted by molar-refractivity contribution is 8.26. The Morgan fingerprint density at radius 1 is 1.53 bits per heavy atom. The Labute approximate surface area is 125 Å². The van der Waals surface area contributed by atoms with E-state index in [1.807, 2.05) is 6.92 Å². The first-order valence-electron chi connectivity index (χ1n) is 5.74. The fraction of sp³-hybridized carbons (Fsp3) is 0.231. The summed E-state index contributed by atoms with van der Waals surface area (Å²) in [5.41, 5.74) is 0.223. The van der Waals surface area contributed by atoms with Crippen molar-refractivity contribution in [1.82, 2.24) is 4.90 Å². The molecule has 1 amide bonds. The summed E-state index contributed by atoms with van der Waals surface area (Å²) in [5.74, 6) is -0.635. The van der Waals surface area contributed by atoms with Gasteiger partial charge in [0.2, 0.25) is 0 Å². The number of nitrogens with zero attached hydrogens (tertiary/aromatic N) is 1. The van der Waals surface area contributed by atoms with Gasteiger partial charge in [-0.25, -0.2) is 4.39 Å². The van der Waals surface area contributed by atoms with E-state index in [2.05, 4.69) is 0 Å².